The van der Waals surface area contributed by atoms with Crippen LogP contribution in [0.15, 0.2) is 9.78 Å². The molecule has 1 saturated heterocycles. The van der Waals surface area contributed by atoms with Crippen molar-refractivity contribution in [2.45, 2.75) is 44.4 Å². The van der Waals surface area contributed by atoms with Crippen molar-refractivity contribution in [3.05, 3.63) is 9.78 Å². The second kappa shape index (κ2) is 5.09. The molecule has 0 aromatic carbocycles. The standard InChI is InChI=1S/C10H16IN3O3/c1-2-7-6(15)3-8(17-7)14-4-5(11)9(12)13-10(14)16/h4,6-9,15H,2-3,12H2,1H3,(H,13,16)/t6-,7+,8+,9?/m0/s1. The Hall–Kier alpha value is -0.380. The molecule has 1 unspecified atom stereocenters. The zero-order valence-corrected chi connectivity index (χ0v) is 11.6. The van der Waals surface area contributed by atoms with Crippen LogP contribution in [0, 0.1) is 0 Å². The number of hydrogen-bond donors (Lipinski definition) is 3. The number of halogens is 1. The summed E-state index contributed by atoms with van der Waals surface area (Å²) in [6.45, 7) is 1.95. The predicted octanol–water partition coefficient (Wildman–Crippen LogP) is 0.459. The lowest BCUT2D eigenvalue weighted by Crippen LogP contribution is -2.53. The summed E-state index contributed by atoms with van der Waals surface area (Å²) < 4.78 is 6.48. The summed E-state index contributed by atoms with van der Waals surface area (Å²) in [6, 6.07) is -0.285. The van der Waals surface area contributed by atoms with Gasteiger partial charge in [-0.05, 0) is 29.0 Å². The van der Waals surface area contributed by atoms with Gasteiger partial charge >= 0.3 is 6.03 Å². The van der Waals surface area contributed by atoms with Gasteiger partial charge in [-0.15, -0.1) is 0 Å². The minimum absolute atomic E-state index is 0.200. The molecule has 0 aromatic heterocycles. The Morgan fingerprint density at radius 3 is 3.06 bits per heavy atom. The number of rotatable bonds is 2. The molecule has 4 atom stereocenters. The Kier molecular flexibility index (Phi) is 3.91. The monoisotopic (exact) mass is 353 g/mol. The van der Waals surface area contributed by atoms with Gasteiger partial charge in [-0.25, -0.2) is 4.79 Å². The third-order valence-electron chi connectivity index (χ3n) is 2.99. The normalized spacial score (nSPS) is 38.0. The molecule has 96 valence electrons. The van der Waals surface area contributed by atoms with Gasteiger partial charge < -0.3 is 20.9 Å². The Labute approximate surface area is 113 Å². The van der Waals surface area contributed by atoms with Crippen molar-refractivity contribution in [1.82, 2.24) is 10.2 Å². The van der Waals surface area contributed by atoms with Gasteiger partial charge in [0, 0.05) is 16.2 Å². The van der Waals surface area contributed by atoms with Crippen molar-refractivity contribution in [3.63, 3.8) is 0 Å². The highest BCUT2D eigenvalue weighted by Crippen LogP contribution is 2.28. The molecule has 17 heavy (non-hydrogen) atoms. The SMILES string of the molecule is CC[C@H]1O[C@@H](N2C=C(I)C(N)NC2=O)C[C@@H]1O. The maximum absolute atomic E-state index is 11.8. The molecular weight excluding hydrogens is 337 g/mol. The molecule has 2 rings (SSSR count). The van der Waals surface area contributed by atoms with E-state index in [2.05, 4.69) is 27.9 Å². The molecule has 0 aromatic rings. The number of nitrogens with two attached hydrogens (primary N) is 1. The number of urea groups is 1. The fraction of sp³-hybridized carbons (Fsp3) is 0.700. The van der Waals surface area contributed by atoms with E-state index in [0.29, 0.717) is 6.42 Å². The number of hydrogen-bond acceptors (Lipinski definition) is 4. The van der Waals surface area contributed by atoms with Gasteiger partial charge in [0.25, 0.3) is 0 Å². The smallest absolute Gasteiger partial charge is 0.325 e. The van der Waals surface area contributed by atoms with Gasteiger partial charge in [0.1, 0.15) is 12.4 Å². The summed E-state index contributed by atoms with van der Waals surface area (Å²) in [5, 5.41) is 12.4. The van der Waals surface area contributed by atoms with Gasteiger partial charge in [-0.2, -0.15) is 0 Å². The highest BCUT2D eigenvalue weighted by atomic mass is 127. The number of aliphatic hydroxyl groups is 1. The van der Waals surface area contributed by atoms with Crippen molar-refractivity contribution in [2.24, 2.45) is 5.73 Å². The minimum atomic E-state index is -0.514. The number of amides is 2. The van der Waals surface area contributed by atoms with E-state index in [4.69, 9.17) is 10.5 Å². The average molecular weight is 353 g/mol. The van der Waals surface area contributed by atoms with Crippen LogP contribution < -0.4 is 11.1 Å². The highest BCUT2D eigenvalue weighted by Gasteiger charge is 2.39. The predicted molar refractivity (Wildman–Crippen MR) is 70.0 cm³/mol. The van der Waals surface area contributed by atoms with Gasteiger partial charge in [-0.3, -0.25) is 4.90 Å². The lowest BCUT2D eigenvalue weighted by atomic mass is 10.1. The average Bonchev–Trinajstić information content (AvgIpc) is 2.65. The molecule has 4 N–H and O–H groups in total. The Morgan fingerprint density at radius 2 is 2.47 bits per heavy atom. The van der Waals surface area contributed by atoms with E-state index in [1.54, 1.807) is 6.20 Å². The van der Waals surface area contributed by atoms with Crippen molar-refractivity contribution in [2.75, 3.05) is 0 Å². The summed E-state index contributed by atoms with van der Waals surface area (Å²) in [5.74, 6) is 0. The van der Waals surface area contributed by atoms with Crippen LogP contribution in [0.25, 0.3) is 0 Å². The zero-order valence-electron chi connectivity index (χ0n) is 9.47. The number of ether oxygens (including phenoxy) is 1. The summed E-state index contributed by atoms with van der Waals surface area (Å²) in [7, 11) is 0. The van der Waals surface area contributed by atoms with Gasteiger partial charge in [-0.1, -0.05) is 6.92 Å². The van der Waals surface area contributed by atoms with E-state index >= 15 is 0 Å². The molecule has 0 saturated carbocycles. The number of nitrogens with zero attached hydrogens (tertiary/aromatic N) is 1. The fourth-order valence-corrected chi connectivity index (χ4v) is 2.47. The number of carbonyl (C=O) groups excluding carboxylic acids is 1. The lowest BCUT2D eigenvalue weighted by Gasteiger charge is -2.31. The second-order valence-electron chi connectivity index (χ2n) is 4.19. The van der Waals surface area contributed by atoms with Crippen LogP contribution in [0.2, 0.25) is 0 Å². The van der Waals surface area contributed by atoms with Crippen molar-refractivity contribution >= 4 is 28.6 Å². The molecule has 2 heterocycles. The molecule has 2 aliphatic rings. The zero-order chi connectivity index (χ0) is 12.6. The maximum atomic E-state index is 11.8. The second-order valence-corrected chi connectivity index (χ2v) is 5.43. The minimum Gasteiger partial charge on any atom is -0.390 e. The van der Waals surface area contributed by atoms with Crippen molar-refractivity contribution in [3.8, 4) is 0 Å². The van der Waals surface area contributed by atoms with Crippen molar-refractivity contribution in [1.29, 1.82) is 0 Å². The Balaban J connectivity index is 2.11. The van der Waals surface area contributed by atoms with Gasteiger partial charge in [0.05, 0.1) is 12.2 Å². The van der Waals surface area contributed by atoms with E-state index < -0.39 is 18.5 Å². The molecule has 2 amide bonds. The molecule has 7 heteroatoms. The highest BCUT2D eigenvalue weighted by molar-refractivity contribution is 14.1. The maximum Gasteiger partial charge on any atom is 0.325 e. The first kappa shape index (κ1) is 13.1. The first-order valence-electron chi connectivity index (χ1n) is 5.58. The molecule has 1 fully saturated rings. The summed E-state index contributed by atoms with van der Waals surface area (Å²) in [4.78, 5) is 13.2. The van der Waals surface area contributed by atoms with E-state index in [-0.39, 0.29) is 12.1 Å². The molecular formula is C10H16IN3O3. The third kappa shape index (κ3) is 2.56. The molecule has 2 aliphatic heterocycles. The molecule has 0 aliphatic carbocycles. The van der Waals surface area contributed by atoms with Gasteiger partial charge in [0.15, 0.2) is 0 Å². The lowest BCUT2D eigenvalue weighted by molar-refractivity contribution is -0.0335. The van der Waals surface area contributed by atoms with Crippen LogP contribution in [0.4, 0.5) is 4.79 Å². The van der Waals surface area contributed by atoms with Crippen LogP contribution in [0.1, 0.15) is 19.8 Å². The Bertz CT molecular complexity index is 350. The molecule has 6 nitrogen and oxygen atoms in total. The van der Waals surface area contributed by atoms with E-state index in [1.165, 1.54) is 4.90 Å². The molecule has 0 bridgehead atoms. The quantitative estimate of drug-likeness (QED) is 0.630. The first-order valence-corrected chi connectivity index (χ1v) is 6.66. The summed E-state index contributed by atoms with van der Waals surface area (Å²) in [5.41, 5.74) is 5.69. The molecule has 0 spiro atoms. The number of nitrogens with one attached hydrogen (secondary N) is 1. The summed E-state index contributed by atoms with van der Waals surface area (Å²) in [6.07, 6.45) is 1.27. The van der Waals surface area contributed by atoms with Crippen LogP contribution in [-0.4, -0.2) is 40.6 Å². The largest absolute Gasteiger partial charge is 0.390 e. The molecule has 0 radical (unpaired) electrons. The van der Waals surface area contributed by atoms with Crippen LogP contribution >= 0.6 is 22.6 Å². The first-order chi connectivity index (χ1) is 8.02. The fourth-order valence-electron chi connectivity index (χ4n) is 2.02. The van der Waals surface area contributed by atoms with Crippen LogP contribution in [0.5, 0.6) is 0 Å². The van der Waals surface area contributed by atoms with E-state index in [1.807, 2.05) is 6.92 Å². The van der Waals surface area contributed by atoms with E-state index in [9.17, 15) is 9.90 Å². The summed E-state index contributed by atoms with van der Waals surface area (Å²) >= 11 is 2.08. The topological polar surface area (TPSA) is 87.8 Å². The van der Waals surface area contributed by atoms with Crippen molar-refractivity contribution < 1.29 is 14.6 Å². The third-order valence-corrected chi connectivity index (χ3v) is 3.94. The number of carbonyl (C=O) groups is 1. The number of aliphatic hydroxyl groups excluding tert-OH is 1. The van der Waals surface area contributed by atoms with E-state index in [0.717, 1.165) is 10.0 Å². The Morgan fingerprint density at radius 1 is 1.76 bits per heavy atom. The van der Waals surface area contributed by atoms with Crippen LogP contribution in [-0.2, 0) is 4.74 Å². The van der Waals surface area contributed by atoms with Crippen LogP contribution in [0.3, 0.4) is 0 Å². The van der Waals surface area contributed by atoms with Gasteiger partial charge in [0.2, 0.25) is 0 Å².